The molecular weight excluding hydrogens is 190 g/mol. The maximum Gasteiger partial charge on any atom is 0.261 e. The van der Waals surface area contributed by atoms with Crippen molar-refractivity contribution in [1.82, 2.24) is 10.2 Å². The van der Waals surface area contributed by atoms with Crippen LogP contribution in [0, 0.1) is 0 Å². The van der Waals surface area contributed by atoms with Crippen LogP contribution < -0.4 is 5.32 Å². The summed E-state index contributed by atoms with van der Waals surface area (Å²) in [5, 5.41) is 2.86. The molecule has 2 aliphatic rings. The molecule has 0 amide bonds. The van der Waals surface area contributed by atoms with E-state index in [0.717, 1.165) is 32.8 Å². The van der Waals surface area contributed by atoms with E-state index in [1.54, 1.807) is 0 Å². The van der Waals surface area contributed by atoms with E-state index in [0.29, 0.717) is 0 Å². The Morgan fingerprint density at radius 3 is 2.64 bits per heavy atom. The molecule has 2 heterocycles. The molecule has 2 aliphatic heterocycles. The Bertz CT molecular complexity index is 195. The van der Waals surface area contributed by atoms with Gasteiger partial charge < -0.3 is 10.1 Å². The van der Waals surface area contributed by atoms with Gasteiger partial charge >= 0.3 is 0 Å². The van der Waals surface area contributed by atoms with E-state index in [2.05, 4.69) is 10.2 Å². The van der Waals surface area contributed by atoms with E-state index < -0.39 is 5.92 Å². The van der Waals surface area contributed by atoms with Gasteiger partial charge in [0.1, 0.15) is 0 Å². The number of nitrogens with one attached hydrogen (secondary N) is 1. The highest BCUT2D eigenvalue weighted by Crippen LogP contribution is 2.25. The van der Waals surface area contributed by atoms with Crippen LogP contribution in [0.1, 0.15) is 6.42 Å². The summed E-state index contributed by atoms with van der Waals surface area (Å²) in [4.78, 5) is 2.18. The van der Waals surface area contributed by atoms with Crippen molar-refractivity contribution in [2.24, 2.45) is 0 Å². The molecule has 0 saturated carbocycles. The smallest absolute Gasteiger partial charge is 0.261 e. The molecule has 0 spiro atoms. The molecule has 0 aromatic rings. The normalized spacial score (nSPS) is 33.4. The lowest BCUT2D eigenvalue weighted by Crippen LogP contribution is -2.43. The topological polar surface area (TPSA) is 24.5 Å². The molecular formula is C9H16F2N2O. The molecule has 0 aromatic carbocycles. The predicted molar refractivity (Wildman–Crippen MR) is 48.6 cm³/mol. The molecule has 0 radical (unpaired) electrons. The summed E-state index contributed by atoms with van der Waals surface area (Å²) in [7, 11) is 0. The minimum Gasteiger partial charge on any atom is -0.379 e. The fourth-order valence-corrected chi connectivity index (χ4v) is 2.02. The first kappa shape index (κ1) is 10.3. The number of halogens is 2. The second-order valence-corrected chi connectivity index (χ2v) is 4.05. The van der Waals surface area contributed by atoms with Crippen molar-refractivity contribution in [3.63, 3.8) is 0 Å². The van der Waals surface area contributed by atoms with Gasteiger partial charge in [-0.25, -0.2) is 8.78 Å². The van der Waals surface area contributed by atoms with Crippen LogP contribution in [-0.2, 0) is 4.74 Å². The number of hydrogen-bond donors (Lipinski definition) is 1. The Balaban J connectivity index is 1.75. The second-order valence-electron chi connectivity index (χ2n) is 4.05. The van der Waals surface area contributed by atoms with Crippen LogP contribution in [0.5, 0.6) is 0 Å². The minimum absolute atomic E-state index is 0.0235. The molecule has 82 valence electrons. The number of hydrogen-bond acceptors (Lipinski definition) is 3. The fourth-order valence-electron chi connectivity index (χ4n) is 2.02. The van der Waals surface area contributed by atoms with Gasteiger partial charge in [0, 0.05) is 32.1 Å². The van der Waals surface area contributed by atoms with E-state index in [-0.39, 0.29) is 19.0 Å². The number of ether oxygens (including phenoxy) is 1. The summed E-state index contributed by atoms with van der Waals surface area (Å²) in [6.45, 7) is 3.74. The summed E-state index contributed by atoms with van der Waals surface area (Å²) in [6, 6.07) is -0.0527. The Labute approximate surface area is 82.4 Å². The quantitative estimate of drug-likeness (QED) is 0.704. The third kappa shape index (κ3) is 2.62. The Morgan fingerprint density at radius 1 is 1.36 bits per heavy atom. The van der Waals surface area contributed by atoms with Crippen LogP contribution in [0.3, 0.4) is 0 Å². The number of rotatable bonds is 2. The first-order chi connectivity index (χ1) is 6.66. The Hall–Kier alpha value is -0.260. The van der Waals surface area contributed by atoms with Crippen molar-refractivity contribution in [2.45, 2.75) is 18.4 Å². The summed E-state index contributed by atoms with van der Waals surface area (Å²) in [5.74, 6) is -2.50. The average Bonchev–Trinajstić information content (AvgIpc) is 2.47. The highest BCUT2D eigenvalue weighted by Gasteiger charge is 2.39. The van der Waals surface area contributed by atoms with Crippen molar-refractivity contribution in [3.05, 3.63) is 0 Å². The van der Waals surface area contributed by atoms with Gasteiger partial charge in [0.25, 0.3) is 5.92 Å². The Morgan fingerprint density at radius 2 is 2.07 bits per heavy atom. The summed E-state index contributed by atoms with van der Waals surface area (Å²) in [5.41, 5.74) is 0. The standard InChI is InChI=1S/C9H16F2N2O/c10-9(11)5-8(12-7-9)6-13-1-3-14-4-2-13/h8,12H,1-7H2. The maximum absolute atomic E-state index is 12.8. The molecule has 1 N–H and O–H groups in total. The summed E-state index contributed by atoms with van der Waals surface area (Å²) in [6.07, 6.45) is -0.0235. The largest absolute Gasteiger partial charge is 0.379 e. The van der Waals surface area contributed by atoms with Crippen LogP contribution >= 0.6 is 0 Å². The number of alkyl halides is 2. The highest BCUT2D eigenvalue weighted by molar-refractivity contribution is 4.89. The molecule has 0 aromatic heterocycles. The lowest BCUT2D eigenvalue weighted by atomic mass is 10.2. The van der Waals surface area contributed by atoms with Crippen LogP contribution in [0.25, 0.3) is 0 Å². The van der Waals surface area contributed by atoms with Crippen LogP contribution in [-0.4, -0.2) is 56.3 Å². The molecule has 2 fully saturated rings. The fraction of sp³-hybridized carbons (Fsp3) is 1.00. The molecule has 2 rings (SSSR count). The van der Waals surface area contributed by atoms with Gasteiger partial charge in [-0.15, -0.1) is 0 Å². The number of nitrogens with zero attached hydrogens (tertiary/aromatic N) is 1. The maximum atomic E-state index is 12.8. The zero-order valence-electron chi connectivity index (χ0n) is 8.14. The van der Waals surface area contributed by atoms with E-state index >= 15 is 0 Å². The third-order valence-electron chi connectivity index (χ3n) is 2.78. The van der Waals surface area contributed by atoms with Crippen molar-refractivity contribution < 1.29 is 13.5 Å². The monoisotopic (exact) mass is 206 g/mol. The second kappa shape index (κ2) is 4.08. The van der Waals surface area contributed by atoms with Crippen molar-refractivity contribution in [1.29, 1.82) is 0 Å². The van der Waals surface area contributed by atoms with Crippen LogP contribution in [0.4, 0.5) is 8.78 Å². The molecule has 14 heavy (non-hydrogen) atoms. The van der Waals surface area contributed by atoms with Crippen LogP contribution in [0.2, 0.25) is 0 Å². The summed E-state index contributed by atoms with van der Waals surface area (Å²) >= 11 is 0. The van der Waals surface area contributed by atoms with Gasteiger partial charge in [0.05, 0.1) is 19.8 Å². The van der Waals surface area contributed by atoms with Gasteiger partial charge in [-0.3, -0.25) is 4.90 Å². The average molecular weight is 206 g/mol. The number of morpholine rings is 1. The van der Waals surface area contributed by atoms with Crippen LogP contribution in [0.15, 0.2) is 0 Å². The van der Waals surface area contributed by atoms with Gasteiger partial charge in [-0.2, -0.15) is 0 Å². The SMILES string of the molecule is FC1(F)CNC(CN2CCOCC2)C1. The zero-order chi connectivity index (χ0) is 10.0. The molecule has 2 saturated heterocycles. The Kier molecular flexibility index (Phi) is 2.99. The summed E-state index contributed by atoms with van der Waals surface area (Å²) < 4.78 is 30.9. The molecule has 0 bridgehead atoms. The van der Waals surface area contributed by atoms with Gasteiger partial charge in [0.15, 0.2) is 0 Å². The van der Waals surface area contributed by atoms with Crippen molar-refractivity contribution in [2.75, 3.05) is 39.4 Å². The first-order valence-corrected chi connectivity index (χ1v) is 5.07. The molecule has 3 nitrogen and oxygen atoms in total. The highest BCUT2D eigenvalue weighted by atomic mass is 19.3. The van der Waals surface area contributed by atoms with Crippen molar-refractivity contribution in [3.8, 4) is 0 Å². The molecule has 1 atom stereocenters. The van der Waals surface area contributed by atoms with E-state index in [4.69, 9.17) is 4.74 Å². The van der Waals surface area contributed by atoms with Gasteiger partial charge in [-0.1, -0.05) is 0 Å². The van der Waals surface area contributed by atoms with E-state index in [1.807, 2.05) is 0 Å². The molecule has 5 heteroatoms. The van der Waals surface area contributed by atoms with Gasteiger partial charge in [0.2, 0.25) is 0 Å². The lowest BCUT2D eigenvalue weighted by Gasteiger charge is -2.28. The lowest BCUT2D eigenvalue weighted by molar-refractivity contribution is 0.0143. The van der Waals surface area contributed by atoms with E-state index in [1.165, 1.54) is 0 Å². The molecule has 0 aliphatic carbocycles. The third-order valence-corrected chi connectivity index (χ3v) is 2.78. The van der Waals surface area contributed by atoms with Gasteiger partial charge in [-0.05, 0) is 0 Å². The van der Waals surface area contributed by atoms with Crippen molar-refractivity contribution >= 4 is 0 Å². The minimum atomic E-state index is -2.50. The first-order valence-electron chi connectivity index (χ1n) is 5.07. The predicted octanol–water partition coefficient (Wildman–Crippen LogP) is 0.316. The zero-order valence-corrected chi connectivity index (χ0v) is 8.14. The molecule has 1 unspecified atom stereocenters. The van der Waals surface area contributed by atoms with E-state index in [9.17, 15) is 8.78 Å².